The van der Waals surface area contributed by atoms with E-state index in [0.29, 0.717) is 38.0 Å². The lowest BCUT2D eigenvalue weighted by Crippen LogP contribution is -2.62. The number of urea groups is 1. The molecule has 6 amide bonds. The maximum atomic E-state index is 13.2. The van der Waals surface area contributed by atoms with Crippen molar-refractivity contribution in [3.8, 4) is 0 Å². The Labute approximate surface area is 185 Å². The summed E-state index contributed by atoms with van der Waals surface area (Å²) in [4.78, 5) is 71.8. The van der Waals surface area contributed by atoms with Crippen molar-refractivity contribution in [2.24, 2.45) is 5.73 Å². The van der Waals surface area contributed by atoms with E-state index in [1.807, 2.05) is 6.92 Å². The summed E-state index contributed by atoms with van der Waals surface area (Å²) in [5.41, 5.74) is 6.04. The summed E-state index contributed by atoms with van der Waals surface area (Å²) in [6.07, 6.45) is 5.47. The minimum absolute atomic E-state index is 0.101. The number of H-pyrrole nitrogens is 1. The van der Waals surface area contributed by atoms with E-state index in [-0.39, 0.29) is 12.8 Å². The minimum Gasteiger partial charge on any atom is -0.368 e. The third-order valence-electron chi connectivity index (χ3n) is 5.73. The van der Waals surface area contributed by atoms with Gasteiger partial charge in [-0.05, 0) is 19.3 Å². The van der Waals surface area contributed by atoms with Crippen LogP contribution in [0.15, 0.2) is 12.5 Å². The number of unbranched alkanes of at least 4 members (excludes halogenated alkanes) is 1. The average Bonchev–Trinajstić information content (AvgIpc) is 3.44. The Balaban J connectivity index is 1.71. The van der Waals surface area contributed by atoms with Crippen LogP contribution in [0.25, 0.3) is 0 Å². The normalized spacial score (nSPS) is 21.9. The molecule has 0 spiro atoms. The van der Waals surface area contributed by atoms with Gasteiger partial charge < -0.3 is 26.3 Å². The molecule has 3 heterocycles. The predicted molar refractivity (Wildman–Crippen MR) is 112 cm³/mol. The molecule has 32 heavy (non-hydrogen) atoms. The Morgan fingerprint density at radius 1 is 1.34 bits per heavy atom. The standard InChI is InChI=1S/C20H29N7O5/c1-2-3-6-27-16(28)9-13(25-20(27)32)18(30)24-14(8-12-10-22-11-23-12)19(31)26-7-4-5-15(26)17(21)29/h10-11,13-15H,2-9H2,1H3,(H2,21,29)(H,22,23)(H,24,30)(H,25,32)/t13-,14+,15+/m0/s1. The molecule has 0 aliphatic carbocycles. The Morgan fingerprint density at radius 3 is 2.75 bits per heavy atom. The van der Waals surface area contributed by atoms with Crippen molar-refractivity contribution in [1.82, 2.24) is 30.4 Å². The van der Waals surface area contributed by atoms with Crippen LogP contribution in [0.2, 0.25) is 0 Å². The number of aromatic amines is 1. The lowest BCUT2D eigenvalue weighted by molar-refractivity contribution is -0.141. The fraction of sp³-hybridized carbons (Fsp3) is 0.600. The monoisotopic (exact) mass is 447 g/mol. The summed E-state index contributed by atoms with van der Waals surface area (Å²) in [6, 6.07) is -3.46. The number of likely N-dealkylation sites (tertiary alicyclic amines) is 1. The summed E-state index contributed by atoms with van der Waals surface area (Å²) >= 11 is 0. The number of imide groups is 1. The topological polar surface area (TPSA) is 171 Å². The smallest absolute Gasteiger partial charge is 0.324 e. The van der Waals surface area contributed by atoms with Gasteiger partial charge in [0.25, 0.3) is 0 Å². The van der Waals surface area contributed by atoms with Crippen LogP contribution in [0.5, 0.6) is 0 Å². The second kappa shape index (κ2) is 10.2. The van der Waals surface area contributed by atoms with E-state index in [4.69, 9.17) is 5.73 Å². The highest BCUT2D eigenvalue weighted by Gasteiger charge is 2.40. The van der Waals surface area contributed by atoms with Crippen molar-refractivity contribution < 1.29 is 24.0 Å². The number of nitrogens with zero attached hydrogens (tertiary/aromatic N) is 3. The quantitative estimate of drug-likeness (QED) is 0.379. The molecular formula is C20H29N7O5. The number of primary amides is 1. The Hall–Kier alpha value is -3.44. The van der Waals surface area contributed by atoms with Gasteiger partial charge in [-0.25, -0.2) is 9.78 Å². The Morgan fingerprint density at radius 2 is 2.12 bits per heavy atom. The van der Waals surface area contributed by atoms with Crippen LogP contribution >= 0.6 is 0 Å². The first-order chi connectivity index (χ1) is 15.3. The number of nitrogens with two attached hydrogens (primary N) is 1. The highest BCUT2D eigenvalue weighted by atomic mass is 16.2. The molecule has 2 aliphatic heterocycles. The molecule has 0 radical (unpaired) electrons. The zero-order chi connectivity index (χ0) is 23.3. The largest absolute Gasteiger partial charge is 0.368 e. The number of carbonyl (C=O) groups is 5. The van der Waals surface area contributed by atoms with Gasteiger partial charge in [0, 0.05) is 31.4 Å². The summed E-state index contributed by atoms with van der Waals surface area (Å²) in [6.45, 7) is 2.59. The van der Waals surface area contributed by atoms with Crippen molar-refractivity contribution in [3.05, 3.63) is 18.2 Å². The average molecular weight is 447 g/mol. The van der Waals surface area contributed by atoms with Gasteiger partial charge in [0.1, 0.15) is 18.1 Å². The number of rotatable bonds is 9. The van der Waals surface area contributed by atoms with Crippen LogP contribution in [0.1, 0.15) is 44.7 Å². The second-order valence-corrected chi connectivity index (χ2v) is 8.04. The van der Waals surface area contributed by atoms with Crippen LogP contribution in [0.4, 0.5) is 4.79 Å². The van der Waals surface area contributed by atoms with Crippen LogP contribution in [-0.4, -0.2) is 80.6 Å². The molecule has 3 atom stereocenters. The van der Waals surface area contributed by atoms with E-state index in [1.165, 1.54) is 17.4 Å². The van der Waals surface area contributed by atoms with E-state index in [2.05, 4.69) is 20.6 Å². The second-order valence-electron chi connectivity index (χ2n) is 8.04. The number of imidazole rings is 1. The molecule has 2 saturated heterocycles. The summed E-state index contributed by atoms with van der Waals surface area (Å²) in [5.74, 6) is -2.13. The van der Waals surface area contributed by atoms with Crippen LogP contribution in [0, 0.1) is 0 Å². The van der Waals surface area contributed by atoms with Gasteiger partial charge in [-0.3, -0.25) is 24.1 Å². The van der Waals surface area contributed by atoms with Crippen LogP contribution < -0.4 is 16.4 Å². The van der Waals surface area contributed by atoms with Gasteiger partial charge in [-0.15, -0.1) is 0 Å². The zero-order valence-electron chi connectivity index (χ0n) is 18.0. The van der Waals surface area contributed by atoms with Gasteiger partial charge in [0.05, 0.1) is 12.7 Å². The number of amides is 6. The summed E-state index contributed by atoms with van der Waals surface area (Å²) < 4.78 is 0. The van der Waals surface area contributed by atoms with Crippen molar-refractivity contribution in [2.75, 3.05) is 13.1 Å². The molecule has 0 bridgehead atoms. The SMILES string of the molecule is CCCCN1C(=O)C[C@@H](C(=O)N[C@H](Cc2cnc[nH]2)C(=O)N2CCC[C@@H]2C(N)=O)NC1=O. The number of hydrogen-bond acceptors (Lipinski definition) is 6. The molecular weight excluding hydrogens is 418 g/mol. The van der Waals surface area contributed by atoms with E-state index in [9.17, 15) is 24.0 Å². The van der Waals surface area contributed by atoms with Crippen molar-refractivity contribution in [1.29, 1.82) is 0 Å². The minimum atomic E-state index is -1.09. The van der Waals surface area contributed by atoms with Gasteiger partial charge in [-0.1, -0.05) is 13.3 Å². The van der Waals surface area contributed by atoms with Crippen molar-refractivity contribution in [3.63, 3.8) is 0 Å². The number of nitrogens with one attached hydrogen (secondary N) is 3. The number of carbonyl (C=O) groups excluding carboxylic acids is 5. The summed E-state index contributed by atoms with van der Waals surface area (Å²) in [7, 11) is 0. The molecule has 174 valence electrons. The lowest BCUT2D eigenvalue weighted by Gasteiger charge is -2.32. The van der Waals surface area contributed by atoms with Crippen molar-refractivity contribution in [2.45, 2.75) is 63.6 Å². The zero-order valence-corrected chi connectivity index (χ0v) is 18.0. The number of aromatic nitrogens is 2. The molecule has 0 saturated carbocycles. The third-order valence-corrected chi connectivity index (χ3v) is 5.73. The first-order valence-electron chi connectivity index (χ1n) is 10.8. The molecule has 1 aromatic rings. The van der Waals surface area contributed by atoms with Crippen molar-refractivity contribution >= 4 is 29.7 Å². The summed E-state index contributed by atoms with van der Waals surface area (Å²) in [5, 5.41) is 5.18. The lowest BCUT2D eigenvalue weighted by atomic mass is 10.1. The third kappa shape index (κ3) is 5.24. The maximum absolute atomic E-state index is 13.2. The Bertz CT molecular complexity index is 854. The van der Waals surface area contributed by atoms with E-state index < -0.39 is 47.8 Å². The van der Waals surface area contributed by atoms with E-state index in [0.717, 1.165) is 11.3 Å². The van der Waals surface area contributed by atoms with Crippen LogP contribution in [0.3, 0.4) is 0 Å². The Kier molecular flexibility index (Phi) is 7.44. The predicted octanol–water partition coefficient (Wildman–Crippen LogP) is -0.976. The molecule has 5 N–H and O–H groups in total. The molecule has 0 unspecified atom stereocenters. The first-order valence-corrected chi connectivity index (χ1v) is 10.8. The fourth-order valence-corrected chi connectivity index (χ4v) is 3.99. The van der Waals surface area contributed by atoms with E-state index >= 15 is 0 Å². The van der Waals surface area contributed by atoms with Gasteiger partial charge in [-0.2, -0.15) is 0 Å². The highest BCUT2D eigenvalue weighted by molar-refractivity contribution is 6.03. The van der Waals surface area contributed by atoms with Crippen LogP contribution in [-0.2, 0) is 25.6 Å². The van der Waals surface area contributed by atoms with Gasteiger partial charge in [0.2, 0.25) is 23.6 Å². The molecule has 2 aliphatic rings. The van der Waals surface area contributed by atoms with E-state index in [1.54, 1.807) is 0 Å². The first kappa shape index (κ1) is 23.2. The number of hydrogen-bond donors (Lipinski definition) is 4. The maximum Gasteiger partial charge on any atom is 0.324 e. The molecule has 12 heteroatoms. The molecule has 3 rings (SSSR count). The molecule has 0 aromatic carbocycles. The molecule has 1 aromatic heterocycles. The highest BCUT2D eigenvalue weighted by Crippen LogP contribution is 2.19. The van der Waals surface area contributed by atoms with Gasteiger partial charge in [0.15, 0.2) is 0 Å². The van der Waals surface area contributed by atoms with Gasteiger partial charge >= 0.3 is 6.03 Å². The molecule has 2 fully saturated rings. The molecule has 12 nitrogen and oxygen atoms in total. The fourth-order valence-electron chi connectivity index (χ4n) is 3.99.